The summed E-state index contributed by atoms with van der Waals surface area (Å²) in [7, 11) is -3.43. The summed E-state index contributed by atoms with van der Waals surface area (Å²) < 4.78 is 32.5. The standard InChI is InChI=1S/C13H16ClN3O3S2/c1-10-8-11(20-15-10)9-16-4-6-17(7-5-16)22(18,19)13-3-2-12(14)21-13/h2-3,8H,4-7,9H2,1H3. The first kappa shape index (κ1) is 15.9. The number of piperazine rings is 1. The molecule has 0 aromatic carbocycles. The van der Waals surface area contributed by atoms with Crippen LogP contribution in [-0.4, -0.2) is 49.0 Å². The van der Waals surface area contributed by atoms with Gasteiger partial charge in [0.1, 0.15) is 4.21 Å². The van der Waals surface area contributed by atoms with Crippen molar-refractivity contribution in [3.63, 3.8) is 0 Å². The molecule has 1 saturated heterocycles. The van der Waals surface area contributed by atoms with Crippen molar-refractivity contribution in [1.82, 2.24) is 14.4 Å². The van der Waals surface area contributed by atoms with E-state index in [1.807, 2.05) is 13.0 Å². The van der Waals surface area contributed by atoms with Gasteiger partial charge >= 0.3 is 0 Å². The molecule has 0 unspecified atom stereocenters. The van der Waals surface area contributed by atoms with Crippen LogP contribution >= 0.6 is 22.9 Å². The molecule has 120 valence electrons. The Hall–Kier alpha value is -0.930. The molecule has 0 aliphatic carbocycles. The number of halogens is 1. The number of hydrogen-bond donors (Lipinski definition) is 0. The van der Waals surface area contributed by atoms with E-state index in [0.29, 0.717) is 41.3 Å². The van der Waals surface area contributed by atoms with Crippen LogP contribution in [-0.2, 0) is 16.6 Å². The minimum absolute atomic E-state index is 0.303. The summed E-state index contributed by atoms with van der Waals surface area (Å²) in [4.78, 5) is 2.16. The number of aromatic nitrogens is 1. The molecule has 0 saturated carbocycles. The van der Waals surface area contributed by atoms with Gasteiger partial charge in [0.25, 0.3) is 10.0 Å². The van der Waals surface area contributed by atoms with Crippen LogP contribution in [0.3, 0.4) is 0 Å². The van der Waals surface area contributed by atoms with Crippen molar-refractivity contribution >= 4 is 33.0 Å². The van der Waals surface area contributed by atoms with Crippen LogP contribution in [0.2, 0.25) is 4.34 Å². The van der Waals surface area contributed by atoms with Crippen molar-refractivity contribution in [3.8, 4) is 0 Å². The molecular formula is C13H16ClN3O3S2. The fourth-order valence-electron chi connectivity index (χ4n) is 2.40. The average Bonchev–Trinajstić information content (AvgIpc) is 3.09. The van der Waals surface area contributed by atoms with Gasteiger partial charge < -0.3 is 4.52 Å². The van der Waals surface area contributed by atoms with Crippen molar-refractivity contribution in [2.75, 3.05) is 26.2 Å². The molecule has 2 aromatic heterocycles. The van der Waals surface area contributed by atoms with Crippen LogP contribution in [0.5, 0.6) is 0 Å². The van der Waals surface area contributed by atoms with E-state index in [9.17, 15) is 8.42 Å². The van der Waals surface area contributed by atoms with Crippen molar-refractivity contribution < 1.29 is 12.9 Å². The normalized spacial score (nSPS) is 17.9. The molecule has 0 bridgehead atoms. The highest BCUT2D eigenvalue weighted by Gasteiger charge is 2.29. The molecule has 0 radical (unpaired) electrons. The third-order valence-corrected chi connectivity index (χ3v) is 7.13. The molecule has 1 aliphatic heterocycles. The minimum atomic E-state index is -3.43. The summed E-state index contributed by atoms with van der Waals surface area (Å²) in [6, 6.07) is 5.07. The van der Waals surface area contributed by atoms with Gasteiger partial charge in [-0.05, 0) is 19.1 Å². The van der Waals surface area contributed by atoms with Crippen LogP contribution in [0.4, 0.5) is 0 Å². The third kappa shape index (κ3) is 3.36. The van der Waals surface area contributed by atoms with Gasteiger partial charge in [0, 0.05) is 32.2 Å². The molecule has 1 fully saturated rings. The van der Waals surface area contributed by atoms with Crippen molar-refractivity contribution in [2.24, 2.45) is 0 Å². The summed E-state index contributed by atoms with van der Waals surface area (Å²) in [5.74, 6) is 0.804. The molecule has 2 aromatic rings. The molecule has 22 heavy (non-hydrogen) atoms. The third-order valence-electron chi connectivity index (χ3n) is 3.53. The van der Waals surface area contributed by atoms with E-state index in [4.69, 9.17) is 16.1 Å². The topological polar surface area (TPSA) is 66.7 Å². The van der Waals surface area contributed by atoms with Gasteiger partial charge in [0.2, 0.25) is 0 Å². The number of rotatable bonds is 4. The highest BCUT2D eigenvalue weighted by Crippen LogP contribution is 2.28. The van der Waals surface area contributed by atoms with E-state index in [2.05, 4.69) is 10.1 Å². The van der Waals surface area contributed by atoms with Crippen molar-refractivity contribution in [3.05, 3.63) is 34.0 Å². The zero-order chi connectivity index (χ0) is 15.7. The Kier molecular flexibility index (Phi) is 4.56. The van der Waals surface area contributed by atoms with Gasteiger partial charge in [-0.3, -0.25) is 4.90 Å². The zero-order valence-electron chi connectivity index (χ0n) is 12.0. The number of hydrogen-bond acceptors (Lipinski definition) is 6. The summed E-state index contributed by atoms with van der Waals surface area (Å²) >= 11 is 6.93. The SMILES string of the molecule is Cc1cc(CN2CCN(S(=O)(=O)c3ccc(Cl)s3)CC2)on1. The Labute approximate surface area is 138 Å². The van der Waals surface area contributed by atoms with Gasteiger partial charge in [-0.25, -0.2) is 8.42 Å². The van der Waals surface area contributed by atoms with E-state index in [1.54, 1.807) is 12.1 Å². The van der Waals surface area contributed by atoms with Crippen LogP contribution in [0, 0.1) is 6.92 Å². The first-order valence-corrected chi connectivity index (χ1v) is 9.48. The Morgan fingerprint density at radius 3 is 2.59 bits per heavy atom. The van der Waals surface area contributed by atoms with Crippen molar-refractivity contribution in [2.45, 2.75) is 17.7 Å². The van der Waals surface area contributed by atoms with Crippen LogP contribution in [0.15, 0.2) is 26.9 Å². The van der Waals surface area contributed by atoms with Crippen LogP contribution in [0.25, 0.3) is 0 Å². The lowest BCUT2D eigenvalue weighted by Gasteiger charge is -2.32. The Morgan fingerprint density at radius 2 is 2.05 bits per heavy atom. The Bertz CT molecular complexity index is 748. The summed E-state index contributed by atoms with van der Waals surface area (Å²) in [6.07, 6.45) is 0. The fourth-order valence-corrected chi connectivity index (χ4v) is 5.46. The predicted octanol–water partition coefficient (Wildman–Crippen LogP) is 2.20. The maximum Gasteiger partial charge on any atom is 0.252 e. The first-order valence-electron chi connectivity index (χ1n) is 6.85. The smallest absolute Gasteiger partial charge is 0.252 e. The van der Waals surface area contributed by atoms with Gasteiger partial charge in [-0.1, -0.05) is 16.8 Å². The maximum atomic E-state index is 12.5. The fraction of sp³-hybridized carbons (Fsp3) is 0.462. The van der Waals surface area contributed by atoms with Gasteiger partial charge in [0.15, 0.2) is 5.76 Å². The van der Waals surface area contributed by atoms with E-state index < -0.39 is 10.0 Å². The molecule has 6 nitrogen and oxygen atoms in total. The predicted molar refractivity (Wildman–Crippen MR) is 84.6 cm³/mol. The lowest BCUT2D eigenvalue weighted by atomic mass is 10.3. The Morgan fingerprint density at radius 1 is 1.32 bits per heavy atom. The van der Waals surface area contributed by atoms with Gasteiger partial charge in [-0.15, -0.1) is 11.3 Å². The quantitative estimate of drug-likeness (QED) is 0.835. The van der Waals surface area contributed by atoms with Crippen LogP contribution < -0.4 is 0 Å². The van der Waals surface area contributed by atoms with Crippen LogP contribution in [0.1, 0.15) is 11.5 Å². The average molecular weight is 362 g/mol. The molecule has 3 heterocycles. The van der Waals surface area contributed by atoms with E-state index in [1.165, 1.54) is 4.31 Å². The second-order valence-electron chi connectivity index (χ2n) is 5.17. The maximum absolute atomic E-state index is 12.5. The van der Waals surface area contributed by atoms with Gasteiger partial charge in [-0.2, -0.15) is 4.31 Å². The van der Waals surface area contributed by atoms with Crippen molar-refractivity contribution in [1.29, 1.82) is 0 Å². The molecular weight excluding hydrogens is 346 g/mol. The number of aryl methyl sites for hydroxylation is 1. The molecule has 0 atom stereocenters. The second-order valence-corrected chi connectivity index (χ2v) is 9.05. The van der Waals surface area contributed by atoms with E-state index >= 15 is 0 Å². The Balaban J connectivity index is 1.61. The summed E-state index contributed by atoms with van der Waals surface area (Å²) in [5, 5.41) is 3.86. The second kappa shape index (κ2) is 6.29. The lowest BCUT2D eigenvalue weighted by molar-refractivity contribution is 0.166. The van der Waals surface area contributed by atoms with Gasteiger partial charge in [0.05, 0.1) is 16.6 Å². The molecule has 0 N–H and O–H groups in total. The number of nitrogens with zero attached hydrogens (tertiary/aromatic N) is 3. The molecule has 1 aliphatic rings. The molecule has 0 spiro atoms. The number of sulfonamides is 1. The largest absolute Gasteiger partial charge is 0.360 e. The van der Waals surface area contributed by atoms with E-state index in [0.717, 1.165) is 22.8 Å². The summed E-state index contributed by atoms with van der Waals surface area (Å²) in [5.41, 5.74) is 0.853. The molecule has 0 amide bonds. The number of thiophene rings is 1. The molecule has 3 rings (SSSR count). The zero-order valence-corrected chi connectivity index (χ0v) is 14.4. The highest BCUT2D eigenvalue weighted by atomic mass is 35.5. The highest BCUT2D eigenvalue weighted by molar-refractivity contribution is 7.91. The van der Waals surface area contributed by atoms with E-state index in [-0.39, 0.29) is 0 Å². The monoisotopic (exact) mass is 361 g/mol. The summed E-state index contributed by atoms with van der Waals surface area (Å²) in [6.45, 7) is 4.79. The molecule has 9 heteroatoms. The lowest BCUT2D eigenvalue weighted by Crippen LogP contribution is -2.47. The first-order chi connectivity index (χ1) is 10.4. The minimum Gasteiger partial charge on any atom is -0.360 e.